The highest BCUT2D eigenvalue weighted by Gasteiger charge is 2.25. The Morgan fingerprint density at radius 2 is 2.00 bits per heavy atom. The first-order valence-corrected chi connectivity index (χ1v) is 6.12. The summed E-state index contributed by atoms with van der Waals surface area (Å²) in [5, 5.41) is 3.61. The van der Waals surface area contributed by atoms with Crippen molar-refractivity contribution in [3.8, 4) is 0 Å². The summed E-state index contributed by atoms with van der Waals surface area (Å²) in [6.45, 7) is 3.36. The molecule has 1 heterocycles. The van der Waals surface area contributed by atoms with Crippen molar-refractivity contribution in [2.24, 2.45) is 5.92 Å². The molecule has 88 valence electrons. The van der Waals surface area contributed by atoms with E-state index in [1.165, 1.54) is 12.0 Å². The Kier molecular flexibility index (Phi) is 3.97. The fourth-order valence-corrected chi connectivity index (χ4v) is 2.49. The number of ether oxygens (including phenoxy) is 1. The van der Waals surface area contributed by atoms with Crippen molar-refractivity contribution >= 4 is 0 Å². The van der Waals surface area contributed by atoms with Gasteiger partial charge in [0.25, 0.3) is 0 Å². The van der Waals surface area contributed by atoms with Crippen LogP contribution in [0, 0.1) is 5.92 Å². The smallest absolute Gasteiger partial charge is 0.0615 e. The Labute approximate surface area is 98.0 Å². The molecule has 1 aromatic carbocycles. The molecule has 2 rings (SSSR count). The van der Waals surface area contributed by atoms with Crippen LogP contribution < -0.4 is 5.32 Å². The monoisotopic (exact) mass is 219 g/mol. The van der Waals surface area contributed by atoms with E-state index in [1.807, 2.05) is 7.11 Å². The molecule has 0 unspecified atom stereocenters. The van der Waals surface area contributed by atoms with E-state index in [4.69, 9.17) is 4.74 Å². The molecule has 0 bridgehead atoms. The third-order valence-corrected chi connectivity index (χ3v) is 3.60. The molecule has 1 fully saturated rings. The molecule has 16 heavy (non-hydrogen) atoms. The predicted molar refractivity (Wildman–Crippen MR) is 66.4 cm³/mol. The van der Waals surface area contributed by atoms with Crippen LogP contribution in [0.4, 0.5) is 0 Å². The van der Waals surface area contributed by atoms with Crippen LogP contribution in [0.2, 0.25) is 0 Å². The van der Waals surface area contributed by atoms with Gasteiger partial charge in [-0.3, -0.25) is 0 Å². The van der Waals surface area contributed by atoms with E-state index in [0.717, 1.165) is 13.0 Å². The lowest BCUT2D eigenvalue weighted by atomic mass is 9.95. The topological polar surface area (TPSA) is 21.3 Å². The van der Waals surface area contributed by atoms with Gasteiger partial charge in [0, 0.05) is 13.2 Å². The molecule has 1 aliphatic heterocycles. The van der Waals surface area contributed by atoms with Gasteiger partial charge >= 0.3 is 0 Å². The standard InChI is InChI=1S/C14H21NO/c1-11-8-9-15-13(10-14(11)16-2)12-6-4-3-5-7-12/h3-7,11,13-15H,8-10H2,1-2H3/t11-,13+,14+/m1/s1. The van der Waals surface area contributed by atoms with E-state index in [1.54, 1.807) is 0 Å². The minimum atomic E-state index is 0.375. The van der Waals surface area contributed by atoms with E-state index >= 15 is 0 Å². The van der Waals surface area contributed by atoms with Crippen LogP contribution in [0.1, 0.15) is 31.4 Å². The molecule has 3 atom stereocenters. The molecule has 1 saturated heterocycles. The van der Waals surface area contributed by atoms with Crippen LogP contribution in [0.15, 0.2) is 30.3 Å². The van der Waals surface area contributed by atoms with E-state index in [-0.39, 0.29) is 0 Å². The molecule has 2 nitrogen and oxygen atoms in total. The SMILES string of the molecule is CO[C@H]1C[C@@H](c2ccccc2)NCC[C@H]1C. The van der Waals surface area contributed by atoms with Crippen molar-refractivity contribution in [3.05, 3.63) is 35.9 Å². The van der Waals surface area contributed by atoms with Crippen LogP contribution in [0.25, 0.3) is 0 Å². The molecular formula is C14H21NO. The van der Waals surface area contributed by atoms with Crippen molar-refractivity contribution in [1.29, 1.82) is 0 Å². The Morgan fingerprint density at radius 3 is 2.69 bits per heavy atom. The highest BCUT2D eigenvalue weighted by molar-refractivity contribution is 5.19. The van der Waals surface area contributed by atoms with Gasteiger partial charge in [0.05, 0.1) is 6.10 Å². The molecule has 2 heteroatoms. The zero-order chi connectivity index (χ0) is 11.4. The Morgan fingerprint density at radius 1 is 1.25 bits per heavy atom. The second-order valence-corrected chi connectivity index (χ2v) is 4.69. The minimum absolute atomic E-state index is 0.375. The van der Waals surface area contributed by atoms with Crippen LogP contribution in [0.5, 0.6) is 0 Å². The summed E-state index contributed by atoms with van der Waals surface area (Å²) < 4.78 is 5.60. The summed E-state index contributed by atoms with van der Waals surface area (Å²) >= 11 is 0. The summed E-state index contributed by atoms with van der Waals surface area (Å²) in [7, 11) is 1.83. The molecule has 0 radical (unpaired) electrons. The lowest BCUT2D eigenvalue weighted by molar-refractivity contribution is 0.0503. The second-order valence-electron chi connectivity index (χ2n) is 4.69. The average Bonchev–Trinajstić information content (AvgIpc) is 2.52. The zero-order valence-corrected chi connectivity index (χ0v) is 10.1. The van der Waals surface area contributed by atoms with Crippen molar-refractivity contribution in [3.63, 3.8) is 0 Å². The number of hydrogen-bond acceptors (Lipinski definition) is 2. The van der Waals surface area contributed by atoms with Gasteiger partial charge < -0.3 is 10.1 Å². The molecule has 0 amide bonds. The van der Waals surface area contributed by atoms with Gasteiger partial charge in [0.15, 0.2) is 0 Å². The zero-order valence-electron chi connectivity index (χ0n) is 10.1. The summed E-state index contributed by atoms with van der Waals surface area (Å²) in [5.74, 6) is 0.645. The van der Waals surface area contributed by atoms with Crippen molar-refractivity contribution < 1.29 is 4.74 Å². The largest absolute Gasteiger partial charge is 0.381 e. The first-order chi connectivity index (χ1) is 7.81. The molecule has 0 aliphatic carbocycles. The maximum absolute atomic E-state index is 5.60. The molecule has 1 aromatic rings. The van der Waals surface area contributed by atoms with Crippen LogP contribution in [-0.2, 0) is 4.74 Å². The molecular weight excluding hydrogens is 198 g/mol. The number of hydrogen-bond donors (Lipinski definition) is 1. The number of benzene rings is 1. The van der Waals surface area contributed by atoms with Crippen molar-refractivity contribution in [2.45, 2.75) is 31.9 Å². The quantitative estimate of drug-likeness (QED) is 0.826. The molecule has 0 aromatic heterocycles. The van der Waals surface area contributed by atoms with E-state index in [0.29, 0.717) is 18.1 Å². The number of nitrogens with one attached hydrogen (secondary N) is 1. The Balaban J connectivity index is 2.10. The maximum atomic E-state index is 5.60. The van der Waals surface area contributed by atoms with E-state index in [9.17, 15) is 0 Å². The third kappa shape index (κ3) is 2.63. The normalized spacial score (nSPS) is 31.0. The summed E-state index contributed by atoms with van der Waals surface area (Å²) in [6.07, 6.45) is 2.64. The Bertz CT molecular complexity index is 312. The third-order valence-electron chi connectivity index (χ3n) is 3.60. The van der Waals surface area contributed by atoms with Gasteiger partial charge in [-0.1, -0.05) is 37.3 Å². The first-order valence-electron chi connectivity index (χ1n) is 6.12. The number of rotatable bonds is 2. The highest BCUT2D eigenvalue weighted by atomic mass is 16.5. The van der Waals surface area contributed by atoms with Crippen LogP contribution in [-0.4, -0.2) is 19.8 Å². The lowest BCUT2D eigenvalue weighted by Crippen LogP contribution is -2.23. The first kappa shape index (κ1) is 11.6. The predicted octanol–water partition coefficient (Wildman–Crippen LogP) is 2.76. The van der Waals surface area contributed by atoms with Crippen LogP contribution in [0.3, 0.4) is 0 Å². The summed E-state index contributed by atoms with van der Waals surface area (Å²) in [6, 6.07) is 11.1. The van der Waals surface area contributed by atoms with Gasteiger partial charge in [-0.05, 0) is 30.9 Å². The molecule has 1 N–H and O–H groups in total. The maximum Gasteiger partial charge on any atom is 0.0615 e. The van der Waals surface area contributed by atoms with Gasteiger partial charge in [0.2, 0.25) is 0 Å². The van der Waals surface area contributed by atoms with Gasteiger partial charge in [-0.2, -0.15) is 0 Å². The van der Waals surface area contributed by atoms with E-state index < -0.39 is 0 Å². The van der Waals surface area contributed by atoms with Crippen molar-refractivity contribution in [1.82, 2.24) is 5.32 Å². The molecule has 1 aliphatic rings. The molecule has 0 spiro atoms. The minimum Gasteiger partial charge on any atom is -0.381 e. The van der Waals surface area contributed by atoms with E-state index in [2.05, 4.69) is 42.6 Å². The second kappa shape index (κ2) is 5.46. The van der Waals surface area contributed by atoms with Gasteiger partial charge in [0.1, 0.15) is 0 Å². The summed E-state index contributed by atoms with van der Waals surface area (Å²) in [5.41, 5.74) is 1.37. The number of methoxy groups -OCH3 is 1. The van der Waals surface area contributed by atoms with Gasteiger partial charge in [-0.15, -0.1) is 0 Å². The Hall–Kier alpha value is -0.860. The fourth-order valence-electron chi connectivity index (χ4n) is 2.49. The van der Waals surface area contributed by atoms with Gasteiger partial charge in [-0.25, -0.2) is 0 Å². The summed E-state index contributed by atoms with van der Waals surface area (Å²) in [4.78, 5) is 0. The highest BCUT2D eigenvalue weighted by Crippen LogP contribution is 2.27. The van der Waals surface area contributed by atoms with Crippen LogP contribution >= 0.6 is 0 Å². The average molecular weight is 219 g/mol. The molecule has 0 saturated carbocycles. The lowest BCUT2D eigenvalue weighted by Gasteiger charge is -2.22. The fraction of sp³-hybridized carbons (Fsp3) is 0.571. The van der Waals surface area contributed by atoms with Crippen molar-refractivity contribution in [2.75, 3.05) is 13.7 Å².